The number of hydrogen-bond acceptors (Lipinski definition) is 3. The Morgan fingerprint density at radius 3 is 2.52 bits per heavy atom. The number of benzene rings is 1. The molecule has 1 aromatic carbocycles. The Bertz CT molecular complexity index is 559. The monoisotopic (exact) mass is 333 g/mol. The molecule has 3 nitrogen and oxygen atoms in total. The van der Waals surface area contributed by atoms with Gasteiger partial charge in [-0.05, 0) is 56.9 Å². The third kappa shape index (κ3) is 3.61. The van der Waals surface area contributed by atoms with Crippen molar-refractivity contribution >= 4 is 0 Å². The third-order valence-corrected chi connectivity index (χ3v) is 4.26. The van der Waals surface area contributed by atoms with E-state index in [1.165, 1.54) is 25.0 Å². The van der Waals surface area contributed by atoms with Crippen molar-refractivity contribution in [1.29, 1.82) is 0 Å². The minimum absolute atomic E-state index is 0.199. The van der Waals surface area contributed by atoms with Gasteiger partial charge in [0.1, 0.15) is 5.75 Å². The molecule has 0 amide bonds. The Labute approximate surface area is 132 Å². The second-order valence-corrected chi connectivity index (χ2v) is 6.02. The zero-order valence-electron chi connectivity index (χ0n) is 12.7. The van der Waals surface area contributed by atoms with E-state index in [2.05, 4.69) is 14.4 Å². The van der Waals surface area contributed by atoms with Gasteiger partial charge in [0.25, 0.3) is 0 Å². The van der Waals surface area contributed by atoms with Crippen LogP contribution in [0, 0.1) is 0 Å². The highest BCUT2D eigenvalue weighted by Crippen LogP contribution is 2.42. The fourth-order valence-corrected chi connectivity index (χ4v) is 2.93. The maximum atomic E-state index is 13.4. The zero-order chi connectivity index (χ0) is 16.5. The van der Waals surface area contributed by atoms with Crippen LogP contribution in [0.15, 0.2) is 18.2 Å². The van der Waals surface area contributed by atoms with Gasteiger partial charge >= 0.3 is 12.2 Å². The Balaban J connectivity index is 1.66. The Kier molecular flexibility index (Phi) is 4.51. The summed E-state index contributed by atoms with van der Waals surface area (Å²) >= 11 is 0. The van der Waals surface area contributed by atoms with E-state index in [0.29, 0.717) is 6.42 Å². The predicted molar refractivity (Wildman–Crippen MR) is 75.7 cm³/mol. The first-order valence-corrected chi connectivity index (χ1v) is 7.80. The average Bonchev–Trinajstić information content (AvgIpc) is 2.96. The first-order valence-electron chi connectivity index (χ1n) is 7.80. The number of hydrogen-bond donors (Lipinski definition) is 0. The molecule has 7 heteroatoms. The van der Waals surface area contributed by atoms with Crippen LogP contribution in [-0.2, 0) is 17.8 Å². The van der Waals surface area contributed by atoms with Crippen molar-refractivity contribution in [2.75, 3.05) is 19.6 Å². The van der Waals surface area contributed by atoms with Gasteiger partial charge in [-0.3, -0.25) is 0 Å². The predicted octanol–water partition coefficient (Wildman–Crippen LogP) is 3.81. The van der Waals surface area contributed by atoms with Crippen LogP contribution in [0.1, 0.15) is 30.4 Å². The molecule has 1 saturated heterocycles. The van der Waals surface area contributed by atoms with Crippen molar-refractivity contribution in [3.05, 3.63) is 29.3 Å². The van der Waals surface area contributed by atoms with Crippen molar-refractivity contribution in [1.82, 2.24) is 4.90 Å². The average molecular weight is 333 g/mol. The summed E-state index contributed by atoms with van der Waals surface area (Å²) in [7, 11) is 0. The van der Waals surface area contributed by atoms with E-state index in [9.17, 15) is 17.6 Å². The number of likely N-dealkylation sites (tertiary alicyclic amines) is 1. The van der Waals surface area contributed by atoms with Gasteiger partial charge in [-0.25, -0.2) is 0 Å². The maximum Gasteiger partial charge on any atom is 0.494 e. The van der Waals surface area contributed by atoms with Gasteiger partial charge in [0.05, 0.1) is 6.61 Å². The molecule has 1 fully saturated rings. The molecule has 3 rings (SSSR count). The summed E-state index contributed by atoms with van der Waals surface area (Å²) < 4.78 is 61.4. The van der Waals surface area contributed by atoms with E-state index in [0.717, 1.165) is 31.6 Å². The molecule has 0 aromatic heterocycles. The fraction of sp³-hybridized carbons (Fsp3) is 0.625. The largest absolute Gasteiger partial charge is 0.494 e. The van der Waals surface area contributed by atoms with Crippen molar-refractivity contribution in [3.8, 4) is 5.75 Å². The van der Waals surface area contributed by atoms with Crippen LogP contribution in [0.2, 0.25) is 0 Å². The number of alkyl halides is 4. The summed E-state index contributed by atoms with van der Waals surface area (Å²) in [6.07, 6.45) is -5.29. The van der Waals surface area contributed by atoms with E-state index in [-0.39, 0.29) is 11.3 Å². The van der Waals surface area contributed by atoms with Crippen molar-refractivity contribution in [2.45, 2.75) is 44.5 Å². The van der Waals surface area contributed by atoms with Gasteiger partial charge < -0.3 is 14.4 Å². The summed E-state index contributed by atoms with van der Waals surface area (Å²) in [6, 6.07) is 4.67. The highest BCUT2D eigenvalue weighted by atomic mass is 19.3. The Morgan fingerprint density at radius 1 is 1.04 bits per heavy atom. The first-order chi connectivity index (χ1) is 10.9. The molecule has 23 heavy (non-hydrogen) atoms. The number of halogens is 4. The van der Waals surface area contributed by atoms with Gasteiger partial charge in [-0.2, -0.15) is 17.6 Å². The van der Waals surface area contributed by atoms with Gasteiger partial charge in [-0.15, -0.1) is 0 Å². The van der Waals surface area contributed by atoms with Crippen LogP contribution in [0.3, 0.4) is 0 Å². The fourth-order valence-electron chi connectivity index (χ4n) is 2.93. The Hall–Kier alpha value is -1.34. The molecule has 0 N–H and O–H groups in total. The van der Waals surface area contributed by atoms with E-state index in [4.69, 9.17) is 0 Å². The van der Waals surface area contributed by atoms with Crippen LogP contribution >= 0.6 is 0 Å². The molecular weight excluding hydrogens is 314 g/mol. The molecule has 2 aliphatic rings. The molecule has 0 radical (unpaired) electrons. The maximum absolute atomic E-state index is 13.4. The summed E-state index contributed by atoms with van der Waals surface area (Å²) in [5, 5.41) is 0. The normalized spacial score (nSPS) is 23.1. The zero-order valence-corrected chi connectivity index (χ0v) is 12.7. The van der Waals surface area contributed by atoms with Crippen LogP contribution in [-0.4, -0.2) is 36.8 Å². The molecule has 0 unspecified atom stereocenters. The molecule has 2 aliphatic heterocycles. The minimum atomic E-state index is -4.67. The van der Waals surface area contributed by atoms with E-state index in [1.54, 1.807) is 6.07 Å². The van der Waals surface area contributed by atoms with Crippen LogP contribution < -0.4 is 4.74 Å². The second kappa shape index (κ2) is 6.28. The number of ether oxygens (including phenoxy) is 2. The number of nitrogens with zero attached hydrogens (tertiary/aromatic N) is 1. The molecule has 2 heterocycles. The molecule has 0 saturated carbocycles. The first kappa shape index (κ1) is 16.5. The summed E-state index contributed by atoms with van der Waals surface area (Å²) in [6.45, 7) is 2.55. The van der Waals surface area contributed by atoms with E-state index < -0.39 is 18.8 Å². The quantitative estimate of drug-likeness (QED) is 0.782. The third-order valence-electron chi connectivity index (χ3n) is 4.26. The molecule has 0 atom stereocenters. The van der Waals surface area contributed by atoms with Crippen LogP contribution in [0.25, 0.3) is 0 Å². The van der Waals surface area contributed by atoms with E-state index in [1.807, 2.05) is 0 Å². The van der Waals surface area contributed by atoms with Gasteiger partial charge in [0, 0.05) is 5.56 Å². The van der Waals surface area contributed by atoms with Crippen molar-refractivity contribution in [2.24, 2.45) is 0 Å². The van der Waals surface area contributed by atoms with Crippen LogP contribution in [0.4, 0.5) is 17.6 Å². The number of aryl methyl sites for hydroxylation is 1. The smallest absolute Gasteiger partial charge is 0.426 e. The number of fused-ring (bicyclic) bond motifs is 1. The van der Waals surface area contributed by atoms with E-state index >= 15 is 0 Å². The summed E-state index contributed by atoms with van der Waals surface area (Å²) in [5.41, 5.74) is 0.995. The Morgan fingerprint density at radius 2 is 1.78 bits per heavy atom. The standard InChI is InChI=1S/C16H19F4NO2/c17-15(18)16(19,20)23-14-10-12(5-6-13(14)11-22-15)4-3-9-21-7-1-2-8-21/h5-6,10H,1-4,7-9,11H2. The topological polar surface area (TPSA) is 21.7 Å². The summed E-state index contributed by atoms with van der Waals surface area (Å²) in [5.74, 6) is -0.231. The second-order valence-electron chi connectivity index (χ2n) is 6.02. The molecule has 0 aliphatic carbocycles. The highest BCUT2D eigenvalue weighted by Gasteiger charge is 2.62. The molecule has 128 valence electrons. The van der Waals surface area contributed by atoms with Crippen molar-refractivity contribution in [3.63, 3.8) is 0 Å². The minimum Gasteiger partial charge on any atom is -0.426 e. The molecule has 1 aromatic rings. The summed E-state index contributed by atoms with van der Waals surface area (Å²) in [4.78, 5) is 2.36. The van der Waals surface area contributed by atoms with Gasteiger partial charge in [0.2, 0.25) is 0 Å². The van der Waals surface area contributed by atoms with Crippen molar-refractivity contribution < 1.29 is 27.0 Å². The molecule has 0 spiro atoms. The molecular formula is C16H19F4NO2. The SMILES string of the molecule is FC1(F)OCc2ccc(CCCN3CCCC3)cc2OC1(F)F. The van der Waals surface area contributed by atoms with Gasteiger partial charge in [0.15, 0.2) is 0 Å². The lowest BCUT2D eigenvalue weighted by Gasteiger charge is -2.22. The number of rotatable bonds is 4. The highest BCUT2D eigenvalue weighted by molar-refractivity contribution is 5.38. The lowest BCUT2D eigenvalue weighted by Crippen LogP contribution is -2.45. The molecule has 0 bridgehead atoms. The lowest BCUT2D eigenvalue weighted by atomic mass is 10.1. The van der Waals surface area contributed by atoms with Gasteiger partial charge in [-0.1, -0.05) is 12.1 Å². The van der Waals surface area contributed by atoms with Crippen LogP contribution in [0.5, 0.6) is 5.75 Å². The lowest BCUT2D eigenvalue weighted by molar-refractivity contribution is -0.405.